The number of nitrogens with zero attached hydrogens (tertiary/aromatic N) is 1. The van der Waals surface area contributed by atoms with E-state index in [-0.39, 0.29) is 24.8 Å². The van der Waals surface area contributed by atoms with Gasteiger partial charge >= 0.3 is 0 Å². The van der Waals surface area contributed by atoms with Gasteiger partial charge in [-0.25, -0.2) is 0 Å². The smallest absolute Gasteiger partial charge is 0.226 e. The number of carbonyl (C=O) groups is 2. The van der Waals surface area contributed by atoms with Crippen LogP contribution in [0.1, 0.15) is 18.9 Å². The molecule has 7 heteroatoms. The molecule has 6 nitrogen and oxygen atoms in total. The van der Waals surface area contributed by atoms with Crippen LogP contribution in [-0.4, -0.2) is 32.6 Å². The normalized spacial score (nSPS) is 10.3. The lowest BCUT2D eigenvalue weighted by molar-refractivity contribution is -0.117. The molecule has 1 N–H and O–H groups in total. The number of anilines is 2. The zero-order valence-corrected chi connectivity index (χ0v) is 16.6. The van der Waals surface area contributed by atoms with E-state index >= 15 is 0 Å². The van der Waals surface area contributed by atoms with Crippen molar-refractivity contribution in [3.8, 4) is 11.5 Å². The summed E-state index contributed by atoms with van der Waals surface area (Å²) in [7, 11) is 3.07. The highest BCUT2D eigenvalue weighted by Crippen LogP contribution is 2.32. The fourth-order valence-corrected chi connectivity index (χ4v) is 2.80. The third-order valence-electron chi connectivity index (χ3n) is 4.16. The zero-order chi connectivity index (χ0) is 20.0. The zero-order valence-electron chi connectivity index (χ0n) is 15.8. The number of ether oxygens (including phenoxy) is 2. The van der Waals surface area contributed by atoms with Crippen LogP contribution in [0.25, 0.3) is 0 Å². The summed E-state index contributed by atoms with van der Waals surface area (Å²) in [6.45, 7) is 3.49. The Labute approximate surface area is 164 Å². The summed E-state index contributed by atoms with van der Waals surface area (Å²) in [4.78, 5) is 26.0. The van der Waals surface area contributed by atoms with E-state index in [2.05, 4.69) is 5.32 Å². The van der Waals surface area contributed by atoms with E-state index in [4.69, 9.17) is 21.1 Å². The molecule has 0 atom stereocenters. The number of nitrogens with one attached hydrogen (secondary N) is 1. The highest BCUT2D eigenvalue weighted by Gasteiger charge is 2.18. The minimum absolute atomic E-state index is 0.126. The molecule has 2 rings (SSSR count). The molecular weight excluding hydrogens is 368 g/mol. The molecule has 2 aromatic carbocycles. The first kappa shape index (κ1) is 20.6. The van der Waals surface area contributed by atoms with Gasteiger partial charge in [-0.05, 0) is 36.8 Å². The van der Waals surface area contributed by atoms with Crippen LogP contribution in [0, 0.1) is 6.92 Å². The molecule has 0 saturated heterocycles. The predicted molar refractivity (Wildman–Crippen MR) is 107 cm³/mol. The molecule has 0 aliphatic carbocycles. The van der Waals surface area contributed by atoms with Crippen LogP contribution in [0.2, 0.25) is 5.02 Å². The fraction of sp³-hybridized carbons (Fsp3) is 0.300. The molecule has 0 aliphatic heterocycles. The number of carbonyl (C=O) groups excluding carboxylic acids is 2. The highest BCUT2D eigenvalue weighted by molar-refractivity contribution is 6.31. The van der Waals surface area contributed by atoms with Crippen molar-refractivity contribution in [1.82, 2.24) is 0 Å². The van der Waals surface area contributed by atoms with Crippen molar-refractivity contribution in [1.29, 1.82) is 0 Å². The molecule has 0 radical (unpaired) electrons. The summed E-state index contributed by atoms with van der Waals surface area (Å²) in [5.74, 6) is 0.716. The molecule has 2 amide bonds. The third-order valence-corrected chi connectivity index (χ3v) is 4.57. The van der Waals surface area contributed by atoms with E-state index in [1.165, 1.54) is 18.9 Å². The molecule has 0 unspecified atom stereocenters. The van der Waals surface area contributed by atoms with Gasteiger partial charge < -0.3 is 19.7 Å². The average molecular weight is 391 g/mol. The molecule has 0 aliphatic rings. The summed E-state index contributed by atoms with van der Waals surface area (Å²) >= 11 is 6.08. The molecule has 0 saturated carbocycles. The Balaban J connectivity index is 2.12. The SMILES string of the molecule is COc1ccc(N(CCC(=O)Nc2cccc(Cl)c2C)C(C)=O)c(OC)c1. The lowest BCUT2D eigenvalue weighted by atomic mass is 10.2. The number of halogens is 1. The van der Waals surface area contributed by atoms with E-state index < -0.39 is 0 Å². The number of rotatable bonds is 7. The van der Waals surface area contributed by atoms with Gasteiger partial charge in [0.25, 0.3) is 0 Å². The van der Waals surface area contributed by atoms with E-state index in [1.807, 2.05) is 6.92 Å². The Morgan fingerprint density at radius 2 is 1.89 bits per heavy atom. The maximum Gasteiger partial charge on any atom is 0.226 e. The topological polar surface area (TPSA) is 67.9 Å². The van der Waals surface area contributed by atoms with Crippen molar-refractivity contribution in [3.63, 3.8) is 0 Å². The highest BCUT2D eigenvalue weighted by atomic mass is 35.5. The van der Waals surface area contributed by atoms with Crippen molar-refractivity contribution in [3.05, 3.63) is 47.0 Å². The van der Waals surface area contributed by atoms with E-state index in [9.17, 15) is 9.59 Å². The van der Waals surface area contributed by atoms with E-state index in [0.717, 1.165) is 5.56 Å². The van der Waals surface area contributed by atoms with Gasteiger partial charge in [0.2, 0.25) is 11.8 Å². The molecule has 144 valence electrons. The lowest BCUT2D eigenvalue weighted by Gasteiger charge is -2.23. The first-order valence-corrected chi connectivity index (χ1v) is 8.80. The quantitative estimate of drug-likeness (QED) is 0.774. The molecule has 0 fully saturated rings. The van der Waals surface area contributed by atoms with Crippen molar-refractivity contribution in [2.45, 2.75) is 20.3 Å². The second kappa shape index (κ2) is 9.28. The Morgan fingerprint density at radius 1 is 1.15 bits per heavy atom. The second-order valence-corrected chi connectivity index (χ2v) is 6.33. The monoisotopic (exact) mass is 390 g/mol. The summed E-state index contributed by atoms with van der Waals surface area (Å²) in [5.41, 5.74) is 2.04. The summed E-state index contributed by atoms with van der Waals surface area (Å²) in [6, 6.07) is 10.5. The maximum atomic E-state index is 12.3. The molecule has 0 bridgehead atoms. The molecule has 0 heterocycles. The third kappa shape index (κ3) is 5.14. The summed E-state index contributed by atoms with van der Waals surface area (Å²) < 4.78 is 10.5. The summed E-state index contributed by atoms with van der Waals surface area (Å²) in [5, 5.41) is 3.42. The number of hydrogen-bond donors (Lipinski definition) is 1. The molecule has 27 heavy (non-hydrogen) atoms. The van der Waals surface area contributed by atoms with Crippen molar-refractivity contribution in [2.75, 3.05) is 31.0 Å². The first-order chi connectivity index (χ1) is 12.9. The Hall–Kier alpha value is -2.73. The molecule has 0 aromatic heterocycles. The van der Waals surface area contributed by atoms with Crippen LogP contribution >= 0.6 is 11.6 Å². The average Bonchev–Trinajstić information content (AvgIpc) is 2.65. The van der Waals surface area contributed by atoms with Gasteiger partial charge in [0.05, 0.1) is 19.9 Å². The van der Waals surface area contributed by atoms with Crippen LogP contribution < -0.4 is 19.7 Å². The second-order valence-electron chi connectivity index (χ2n) is 5.92. The standard InChI is InChI=1S/C20H23ClN2O4/c1-13-16(21)6-5-7-17(13)22-20(25)10-11-23(14(2)24)18-9-8-15(26-3)12-19(18)27-4/h5-9,12H,10-11H2,1-4H3,(H,22,25). The predicted octanol–water partition coefficient (Wildman–Crippen LogP) is 4.05. The van der Waals surface area contributed by atoms with Crippen molar-refractivity contribution < 1.29 is 19.1 Å². The summed E-state index contributed by atoms with van der Waals surface area (Å²) in [6.07, 6.45) is 0.126. The Kier molecular flexibility index (Phi) is 7.07. The van der Waals surface area contributed by atoms with Crippen molar-refractivity contribution in [2.24, 2.45) is 0 Å². The number of amides is 2. The minimum atomic E-state index is -0.209. The van der Waals surface area contributed by atoms with Gasteiger partial charge in [0, 0.05) is 36.7 Å². The van der Waals surface area contributed by atoms with E-state index in [0.29, 0.717) is 27.9 Å². The molecule has 0 spiro atoms. The number of benzene rings is 2. The van der Waals surface area contributed by atoms with E-state index in [1.54, 1.807) is 43.5 Å². The van der Waals surface area contributed by atoms with Gasteiger partial charge in [-0.15, -0.1) is 0 Å². The first-order valence-electron chi connectivity index (χ1n) is 8.42. The minimum Gasteiger partial charge on any atom is -0.497 e. The van der Waals surface area contributed by atoms with Crippen LogP contribution in [0.3, 0.4) is 0 Å². The van der Waals surface area contributed by atoms with Gasteiger partial charge in [-0.1, -0.05) is 17.7 Å². The number of hydrogen-bond acceptors (Lipinski definition) is 4. The number of methoxy groups -OCH3 is 2. The van der Waals surface area contributed by atoms with Crippen LogP contribution in [0.5, 0.6) is 11.5 Å². The van der Waals surface area contributed by atoms with Crippen molar-refractivity contribution >= 4 is 34.8 Å². The van der Waals surface area contributed by atoms with Crippen LogP contribution in [-0.2, 0) is 9.59 Å². The Morgan fingerprint density at radius 3 is 2.52 bits per heavy atom. The molecule has 2 aromatic rings. The van der Waals surface area contributed by atoms with Gasteiger partial charge in [-0.2, -0.15) is 0 Å². The van der Waals surface area contributed by atoms with Crippen LogP contribution in [0.15, 0.2) is 36.4 Å². The fourth-order valence-electron chi connectivity index (χ4n) is 2.62. The van der Waals surface area contributed by atoms with Gasteiger partial charge in [0.15, 0.2) is 0 Å². The maximum absolute atomic E-state index is 12.3. The van der Waals surface area contributed by atoms with Crippen LogP contribution in [0.4, 0.5) is 11.4 Å². The molecular formula is C20H23ClN2O4. The van der Waals surface area contributed by atoms with Gasteiger partial charge in [-0.3, -0.25) is 9.59 Å². The Bertz CT molecular complexity index is 839. The lowest BCUT2D eigenvalue weighted by Crippen LogP contribution is -2.32. The largest absolute Gasteiger partial charge is 0.497 e. The van der Waals surface area contributed by atoms with Gasteiger partial charge in [0.1, 0.15) is 11.5 Å².